The molecule has 120 valence electrons. The molecule has 5 N–H and O–H groups in total. The first-order valence-electron chi connectivity index (χ1n) is 7.99. The number of nitrogen functional groups attached to an aromatic ring is 1. The quantitative estimate of drug-likeness (QED) is 0.632. The molecule has 0 aliphatic rings. The summed E-state index contributed by atoms with van der Waals surface area (Å²) in [6.45, 7) is 6.64. The zero-order valence-corrected chi connectivity index (χ0v) is 13.6. The fraction of sp³-hybridized carbons (Fsp3) is 0.278. The predicted molar refractivity (Wildman–Crippen MR) is 97.4 cm³/mol. The summed E-state index contributed by atoms with van der Waals surface area (Å²) in [6, 6.07) is 12.2. The van der Waals surface area contributed by atoms with E-state index in [-0.39, 0.29) is 0 Å². The van der Waals surface area contributed by atoms with Crippen LogP contribution in [-0.2, 0) is 6.54 Å². The minimum absolute atomic E-state index is 0.546. The normalized spacial score (nSPS) is 11.1. The molecule has 5 nitrogen and oxygen atoms in total. The first-order valence-corrected chi connectivity index (χ1v) is 7.99. The molecule has 0 aliphatic heterocycles. The van der Waals surface area contributed by atoms with Gasteiger partial charge >= 0.3 is 0 Å². The van der Waals surface area contributed by atoms with Gasteiger partial charge < -0.3 is 21.4 Å². The molecular formula is C18H23N5. The van der Waals surface area contributed by atoms with E-state index in [1.165, 1.54) is 0 Å². The number of aromatic nitrogens is 2. The highest BCUT2D eigenvalue weighted by molar-refractivity contribution is 5.89. The smallest absolute Gasteiger partial charge is 0.138 e. The summed E-state index contributed by atoms with van der Waals surface area (Å²) in [6.07, 6.45) is 0. The molecule has 5 heteroatoms. The summed E-state index contributed by atoms with van der Waals surface area (Å²) in [4.78, 5) is 10.3. The van der Waals surface area contributed by atoms with Gasteiger partial charge in [0.1, 0.15) is 5.82 Å². The van der Waals surface area contributed by atoms with Gasteiger partial charge in [-0.25, -0.2) is 4.98 Å². The number of anilines is 2. The van der Waals surface area contributed by atoms with Crippen molar-refractivity contribution < 1.29 is 0 Å². The van der Waals surface area contributed by atoms with E-state index in [0.29, 0.717) is 6.54 Å². The van der Waals surface area contributed by atoms with Gasteiger partial charge in [0.15, 0.2) is 0 Å². The largest absolute Gasteiger partial charge is 0.397 e. The Labute approximate surface area is 136 Å². The lowest BCUT2D eigenvalue weighted by atomic mass is 10.1. The second-order valence-electron chi connectivity index (χ2n) is 5.59. The van der Waals surface area contributed by atoms with Gasteiger partial charge in [0.2, 0.25) is 0 Å². The number of imidazole rings is 1. The molecule has 3 aromatic rings. The Kier molecular flexibility index (Phi) is 4.21. The molecule has 0 atom stereocenters. The van der Waals surface area contributed by atoms with Crippen molar-refractivity contribution in [3.8, 4) is 11.4 Å². The van der Waals surface area contributed by atoms with Crippen molar-refractivity contribution in [2.24, 2.45) is 5.73 Å². The highest BCUT2D eigenvalue weighted by Gasteiger charge is 2.12. The van der Waals surface area contributed by atoms with E-state index in [4.69, 9.17) is 16.5 Å². The molecule has 0 fully saturated rings. The van der Waals surface area contributed by atoms with Gasteiger partial charge in [-0.2, -0.15) is 0 Å². The minimum Gasteiger partial charge on any atom is -0.397 e. The molecule has 0 saturated heterocycles. The summed E-state index contributed by atoms with van der Waals surface area (Å²) in [5.74, 6) is 0.847. The minimum atomic E-state index is 0.546. The topological polar surface area (TPSA) is 84.0 Å². The summed E-state index contributed by atoms with van der Waals surface area (Å²) < 4.78 is 0. The van der Waals surface area contributed by atoms with Crippen molar-refractivity contribution in [3.05, 3.63) is 42.0 Å². The number of benzene rings is 2. The lowest BCUT2D eigenvalue weighted by Crippen LogP contribution is -2.22. The van der Waals surface area contributed by atoms with Crippen molar-refractivity contribution in [2.45, 2.75) is 20.4 Å². The molecule has 1 aromatic heterocycles. The van der Waals surface area contributed by atoms with E-state index in [1.807, 2.05) is 30.3 Å². The summed E-state index contributed by atoms with van der Waals surface area (Å²) >= 11 is 0. The number of rotatable bonds is 5. The molecule has 0 saturated carbocycles. The van der Waals surface area contributed by atoms with E-state index in [2.05, 4.69) is 29.8 Å². The second kappa shape index (κ2) is 6.30. The Hall–Kier alpha value is -2.53. The number of nitrogens with zero attached hydrogens (tertiary/aromatic N) is 2. The number of H-pyrrole nitrogens is 1. The van der Waals surface area contributed by atoms with Crippen molar-refractivity contribution in [2.75, 3.05) is 23.7 Å². The van der Waals surface area contributed by atoms with Crippen LogP contribution in [0.5, 0.6) is 0 Å². The first-order chi connectivity index (χ1) is 11.2. The van der Waals surface area contributed by atoms with Crippen molar-refractivity contribution in [1.29, 1.82) is 0 Å². The maximum Gasteiger partial charge on any atom is 0.138 e. The van der Waals surface area contributed by atoms with Crippen LogP contribution in [0, 0.1) is 0 Å². The number of hydrogen-bond acceptors (Lipinski definition) is 4. The lowest BCUT2D eigenvalue weighted by Gasteiger charge is -2.22. The number of aromatic amines is 1. The maximum absolute atomic E-state index is 6.22. The van der Waals surface area contributed by atoms with Crippen LogP contribution in [0.4, 0.5) is 11.4 Å². The molecule has 23 heavy (non-hydrogen) atoms. The molecule has 0 spiro atoms. The third-order valence-corrected chi connectivity index (χ3v) is 4.20. The van der Waals surface area contributed by atoms with E-state index in [9.17, 15) is 0 Å². The molecule has 0 bridgehead atoms. The van der Waals surface area contributed by atoms with Gasteiger partial charge in [-0.3, -0.25) is 0 Å². The second-order valence-corrected chi connectivity index (χ2v) is 5.59. The zero-order valence-electron chi connectivity index (χ0n) is 13.6. The highest BCUT2D eigenvalue weighted by Crippen LogP contribution is 2.30. The average molecular weight is 309 g/mol. The van der Waals surface area contributed by atoms with Crippen LogP contribution in [0.15, 0.2) is 36.4 Å². The SMILES string of the molecule is CCN(CC)c1cc2nc(-c3ccc(CN)cc3)[nH]c2cc1N. The lowest BCUT2D eigenvalue weighted by molar-refractivity contribution is 0.868. The summed E-state index contributed by atoms with van der Waals surface area (Å²) in [5.41, 5.74) is 17.7. The van der Waals surface area contributed by atoms with E-state index in [1.54, 1.807) is 0 Å². The van der Waals surface area contributed by atoms with Crippen molar-refractivity contribution in [3.63, 3.8) is 0 Å². The molecule has 0 radical (unpaired) electrons. The Morgan fingerprint density at radius 1 is 1.09 bits per heavy atom. The molecule has 2 aromatic carbocycles. The fourth-order valence-corrected chi connectivity index (χ4v) is 2.84. The van der Waals surface area contributed by atoms with Crippen LogP contribution in [0.2, 0.25) is 0 Å². The van der Waals surface area contributed by atoms with Crippen LogP contribution < -0.4 is 16.4 Å². The Balaban J connectivity index is 2.04. The summed E-state index contributed by atoms with van der Waals surface area (Å²) in [7, 11) is 0. The van der Waals surface area contributed by atoms with E-state index in [0.717, 1.165) is 52.4 Å². The van der Waals surface area contributed by atoms with Crippen LogP contribution in [0.1, 0.15) is 19.4 Å². The number of hydrogen-bond donors (Lipinski definition) is 3. The number of fused-ring (bicyclic) bond motifs is 1. The van der Waals surface area contributed by atoms with Gasteiger partial charge in [-0.1, -0.05) is 24.3 Å². The van der Waals surface area contributed by atoms with Gasteiger partial charge in [0, 0.05) is 25.2 Å². The van der Waals surface area contributed by atoms with Crippen molar-refractivity contribution >= 4 is 22.4 Å². The summed E-state index contributed by atoms with van der Waals surface area (Å²) in [5, 5.41) is 0. The third kappa shape index (κ3) is 2.87. The van der Waals surface area contributed by atoms with Gasteiger partial charge in [-0.15, -0.1) is 0 Å². The molecule has 0 amide bonds. The van der Waals surface area contributed by atoms with E-state index < -0.39 is 0 Å². The maximum atomic E-state index is 6.22. The molecule has 1 heterocycles. The molecular weight excluding hydrogens is 286 g/mol. The van der Waals surface area contributed by atoms with Gasteiger partial charge in [0.05, 0.1) is 22.4 Å². The van der Waals surface area contributed by atoms with Crippen molar-refractivity contribution in [1.82, 2.24) is 9.97 Å². The molecule has 0 aliphatic carbocycles. The third-order valence-electron chi connectivity index (χ3n) is 4.20. The first kappa shape index (κ1) is 15.4. The van der Waals surface area contributed by atoms with Gasteiger partial charge in [-0.05, 0) is 31.5 Å². The number of nitrogens with one attached hydrogen (secondary N) is 1. The fourth-order valence-electron chi connectivity index (χ4n) is 2.84. The zero-order chi connectivity index (χ0) is 16.4. The highest BCUT2D eigenvalue weighted by atomic mass is 15.1. The van der Waals surface area contributed by atoms with Crippen LogP contribution in [0.3, 0.4) is 0 Å². The number of nitrogens with two attached hydrogens (primary N) is 2. The van der Waals surface area contributed by atoms with Crippen LogP contribution in [0.25, 0.3) is 22.4 Å². The van der Waals surface area contributed by atoms with Gasteiger partial charge in [0.25, 0.3) is 0 Å². The Morgan fingerprint density at radius 3 is 2.39 bits per heavy atom. The standard InChI is InChI=1S/C18H23N5/c1-3-23(4-2)17-10-16-15(9-14(17)20)21-18(22-16)13-7-5-12(11-19)6-8-13/h5-10H,3-4,11,19-20H2,1-2H3,(H,21,22). The molecule has 0 unspecified atom stereocenters. The Bertz CT molecular complexity index is 800. The Morgan fingerprint density at radius 2 is 1.78 bits per heavy atom. The monoisotopic (exact) mass is 309 g/mol. The molecule has 3 rings (SSSR count). The van der Waals surface area contributed by atoms with Crippen LogP contribution in [-0.4, -0.2) is 23.1 Å². The van der Waals surface area contributed by atoms with E-state index >= 15 is 0 Å². The van der Waals surface area contributed by atoms with Crippen LogP contribution >= 0.6 is 0 Å². The average Bonchev–Trinajstić information content (AvgIpc) is 2.99. The predicted octanol–water partition coefficient (Wildman–Crippen LogP) is 3.12.